The summed E-state index contributed by atoms with van der Waals surface area (Å²) in [5, 5.41) is 0.507. The maximum absolute atomic E-state index is 6.61. The molecule has 19 heavy (non-hydrogen) atoms. The topological polar surface area (TPSA) is 0 Å². The second-order valence-electron chi connectivity index (χ2n) is 4.82. The molecule has 0 aromatic heterocycles. The molecule has 0 saturated heterocycles. The number of unbranched alkanes of at least 4 members (excludes halogenated alkanes) is 1. The lowest BCUT2D eigenvalue weighted by molar-refractivity contribution is 0.565. The summed E-state index contributed by atoms with van der Waals surface area (Å²) in [5.41, 5.74) is 0. The Kier molecular flexibility index (Phi) is 4.56. The van der Waals surface area contributed by atoms with Crippen molar-refractivity contribution in [1.29, 1.82) is 0 Å². The fourth-order valence-electron chi connectivity index (χ4n) is 2.63. The molecule has 0 radical (unpaired) electrons. The van der Waals surface area contributed by atoms with Crippen LogP contribution in [0.4, 0.5) is 0 Å². The predicted octanol–water partition coefficient (Wildman–Crippen LogP) is 6.36. The molecule has 1 saturated carbocycles. The van der Waals surface area contributed by atoms with Gasteiger partial charge in [0.1, 0.15) is 9.75 Å². The predicted molar refractivity (Wildman–Crippen MR) is 87.0 cm³/mol. The highest BCUT2D eigenvalue weighted by Gasteiger charge is 2.77. The first-order valence-electron chi connectivity index (χ1n) is 5.83. The van der Waals surface area contributed by atoms with E-state index in [1.165, 1.54) is 0 Å². The van der Waals surface area contributed by atoms with E-state index in [1.54, 1.807) is 0 Å². The molecule has 2 rings (SSSR count). The Balaban J connectivity index is 2.34. The summed E-state index contributed by atoms with van der Waals surface area (Å²) in [6.45, 7) is 3.67. The Labute approximate surface area is 143 Å². The third-order valence-corrected chi connectivity index (χ3v) is 8.03. The van der Waals surface area contributed by atoms with Crippen molar-refractivity contribution in [3.63, 3.8) is 0 Å². The van der Waals surface area contributed by atoms with Crippen LogP contribution >= 0.6 is 69.6 Å². The van der Waals surface area contributed by atoms with Crippen molar-refractivity contribution in [2.24, 2.45) is 5.92 Å². The van der Waals surface area contributed by atoms with Crippen molar-refractivity contribution < 1.29 is 0 Å². The van der Waals surface area contributed by atoms with E-state index in [2.05, 4.69) is 6.58 Å². The average Bonchev–Trinajstić information content (AvgIpc) is 2.57. The molecule has 2 bridgehead atoms. The second kappa shape index (κ2) is 5.30. The monoisotopic (exact) mass is 378 g/mol. The Morgan fingerprint density at radius 2 is 1.74 bits per heavy atom. The minimum Gasteiger partial charge on any atom is -0.110 e. The normalized spacial score (nSPS) is 40.4. The number of alkyl halides is 4. The molecule has 3 unspecified atom stereocenters. The summed E-state index contributed by atoms with van der Waals surface area (Å²) in [7, 11) is 0. The van der Waals surface area contributed by atoms with Crippen LogP contribution in [0.3, 0.4) is 0 Å². The number of hydrogen-bond donors (Lipinski definition) is 0. The molecule has 2 aliphatic rings. The molecule has 0 spiro atoms. The van der Waals surface area contributed by atoms with Gasteiger partial charge in [-0.05, 0) is 19.3 Å². The smallest absolute Gasteiger partial charge is 0.110 e. The van der Waals surface area contributed by atoms with Gasteiger partial charge in [0.2, 0.25) is 0 Å². The number of hydrogen-bond acceptors (Lipinski definition) is 0. The van der Waals surface area contributed by atoms with Crippen molar-refractivity contribution in [1.82, 2.24) is 0 Å². The first-order valence-corrected chi connectivity index (χ1v) is 8.09. The average molecular weight is 381 g/mol. The van der Waals surface area contributed by atoms with Gasteiger partial charge in [-0.15, -0.1) is 29.8 Å². The molecule has 0 N–H and O–H groups in total. The maximum atomic E-state index is 6.61. The van der Waals surface area contributed by atoms with Gasteiger partial charge >= 0.3 is 0 Å². The van der Waals surface area contributed by atoms with E-state index >= 15 is 0 Å². The molecule has 6 heteroatoms. The van der Waals surface area contributed by atoms with Crippen LogP contribution in [-0.4, -0.2) is 14.1 Å². The molecular weight excluding hydrogens is 369 g/mol. The standard InChI is InChI=1S/C13H12Cl6/c1-2-3-4-5-6-8-7-11(16)9(14)10(15)12(8,17)13(11,18)19/h2,5-6,8H,1,3-4,7H2. The Morgan fingerprint density at radius 1 is 1.11 bits per heavy atom. The minimum absolute atomic E-state index is 0.151. The first kappa shape index (κ1) is 16.3. The zero-order valence-corrected chi connectivity index (χ0v) is 14.4. The first-order chi connectivity index (χ1) is 8.73. The summed E-state index contributed by atoms with van der Waals surface area (Å²) in [6, 6.07) is 0. The van der Waals surface area contributed by atoms with Crippen LogP contribution in [0.25, 0.3) is 0 Å². The minimum atomic E-state index is -1.43. The molecule has 1 fully saturated rings. The molecule has 2 aliphatic carbocycles. The number of allylic oxidation sites excluding steroid dienone is 5. The van der Waals surface area contributed by atoms with E-state index in [-0.39, 0.29) is 16.0 Å². The SMILES string of the molecule is C=CCCC=CC1CC2(Cl)C(Cl)=C(Cl)C1(Cl)C2(Cl)Cl. The molecule has 0 aliphatic heterocycles. The fourth-order valence-corrected chi connectivity index (χ4v) is 5.41. The highest BCUT2D eigenvalue weighted by Crippen LogP contribution is 2.74. The van der Waals surface area contributed by atoms with E-state index in [0.29, 0.717) is 6.42 Å². The van der Waals surface area contributed by atoms with Gasteiger partial charge in [-0.3, -0.25) is 0 Å². The molecular formula is C13H12Cl6. The zero-order valence-electron chi connectivity index (χ0n) is 9.91. The van der Waals surface area contributed by atoms with Gasteiger partial charge in [0.05, 0.1) is 10.1 Å². The van der Waals surface area contributed by atoms with Crippen LogP contribution in [0, 0.1) is 5.92 Å². The van der Waals surface area contributed by atoms with Gasteiger partial charge in [-0.25, -0.2) is 0 Å². The van der Waals surface area contributed by atoms with E-state index in [9.17, 15) is 0 Å². The molecule has 0 aromatic rings. The summed E-state index contributed by atoms with van der Waals surface area (Å²) in [6.07, 6.45) is 8.05. The summed E-state index contributed by atoms with van der Waals surface area (Å²) in [4.78, 5) is -2.29. The lowest BCUT2D eigenvalue weighted by Gasteiger charge is -2.32. The van der Waals surface area contributed by atoms with Gasteiger partial charge < -0.3 is 0 Å². The molecule has 0 nitrogen and oxygen atoms in total. The van der Waals surface area contributed by atoms with Crippen LogP contribution < -0.4 is 0 Å². The van der Waals surface area contributed by atoms with Crippen molar-refractivity contribution in [2.75, 3.05) is 0 Å². The summed E-state index contributed by atoms with van der Waals surface area (Å²) < 4.78 is -1.43. The highest BCUT2D eigenvalue weighted by atomic mass is 35.5. The zero-order chi connectivity index (χ0) is 14.5. The quantitative estimate of drug-likeness (QED) is 0.302. The molecule has 106 valence electrons. The Morgan fingerprint density at radius 3 is 2.21 bits per heavy atom. The van der Waals surface area contributed by atoms with Gasteiger partial charge in [0.25, 0.3) is 0 Å². The van der Waals surface area contributed by atoms with Crippen molar-refractivity contribution in [3.8, 4) is 0 Å². The highest BCUT2D eigenvalue weighted by molar-refractivity contribution is 6.65. The third kappa shape index (κ3) is 2.02. The van der Waals surface area contributed by atoms with Crippen LogP contribution in [0.1, 0.15) is 19.3 Å². The third-order valence-electron chi connectivity index (χ3n) is 3.73. The van der Waals surface area contributed by atoms with Gasteiger partial charge in [-0.2, -0.15) is 0 Å². The lowest BCUT2D eigenvalue weighted by atomic mass is 9.91. The summed E-state index contributed by atoms with van der Waals surface area (Å²) in [5.74, 6) is -0.151. The largest absolute Gasteiger partial charge is 0.166 e. The molecule has 3 atom stereocenters. The van der Waals surface area contributed by atoms with Gasteiger partial charge in [-0.1, -0.05) is 64.6 Å². The lowest BCUT2D eigenvalue weighted by Crippen LogP contribution is -2.43. The number of halogens is 6. The van der Waals surface area contributed by atoms with Crippen molar-refractivity contribution in [2.45, 2.75) is 33.3 Å². The Hall–Kier alpha value is 0.960. The van der Waals surface area contributed by atoms with Gasteiger partial charge in [0, 0.05) is 5.92 Å². The van der Waals surface area contributed by atoms with Crippen molar-refractivity contribution in [3.05, 3.63) is 34.9 Å². The van der Waals surface area contributed by atoms with E-state index < -0.39 is 14.1 Å². The van der Waals surface area contributed by atoms with Crippen LogP contribution in [0.5, 0.6) is 0 Å². The molecule has 0 aromatic carbocycles. The van der Waals surface area contributed by atoms with Crippen LogP contribution in [0.15, 0.2) is 34.9 Å². The fraction of sp³-hybridized carbons (Fsp3) is 0.538. The van der Waals surface area contributed by atoms with E-state index in [0.717, 1.165) is 12.8 Å². The summed E-state index contributed by atoms with van der Waals surface area (Å²) >= 11 is 38.2. The molecule has 0 heterocycles. The maximum Gasteiger partial charge on any atom is 0.166 e. The molecule has 0 amide bonds. The van der Waals surface area contributed by atoms with E-state index in [1.807, 2.05) is 18.2 Å². The Bertz CT molecular complexity index is 466. The van der Waals surface area contributed by atoms with Crippen LogP contribution in [0.2, 0.25) is 0 Å². The number of fused-ring (bicyclic) bond motifs is 2. The van der Waals surface area contributed by atoms with Crippen LogP contribution in [-0.2, 0) is 0 Å². The second-order valence-corrected chi connectivity index (χ2v) is 8.14. The van der Waals surface area contributed by atoms with Crippen molar-refractivity contribution >= 4 is 69.6 Å². The number of rotatable bonds is 4. The van der Waals surface area contributed by atoms with E-state index in [4.69, 9.17) is 69.6 Å². The van der Waals surface area contributed by atoms with Gasteiger partial charge in [0.15, 0.2) is 4.33 Å².